The van der Waals surface area contributed by atoms with Gasteiger partial charge in [-0.05, 0) is 99.9 Å². The molecule has 0 saturated carbocycles. The van der Waals surface area contributed by atoms with Gasteiger partial charge >= 0.3 is 5.97 Å². The van der Waals surface area contributed by atoms with E-state index in [1.54, 1.807) is 66.6 Å². The molecule has 46 heavy (non-hydrogen) atoms. The van der Waals surface area contributed by atoms with Gasteiger partial charge in [0.1, 0.15) is 12.4 Å². The molecule has 1 aliphatic heterocycles. The number of amidine groups is 1. The zero-order valence-corrected chi connectivity index (χ0v) is 26.8. The number of rotatable bonds is 9. The minimum absolute atomic E-state index is 0.164. The SMILES string of the molecule is COc1ccc(N=C2S/C(=C\c3cc(Cl)c(OCc4ccc5ccccc5c4)c(Cl)c3)C(=O)N2Cc2ccc(C(=O)O)cc2)cc1. The largest absolute Gasteiger partial charge is 0.497 e. The normalized spacial score (nSPS) is 14.8. The van der Waals surface area contributed by atoms with Crippen LogP contribution in [0.15, 0.2) is 113 Å². The molecule has 1 saturated heterocycles. The Bertz CT molecular complexity index is 1990. The van der Waals surface area contributed by atoms with Crippen molar-refractivity contribution in [1.29, 1.82) is 0 Å². The number of hydrogen-bond acceptors (Lipinski definition) is 6. The van der Waals surface area contributed by atoms with Gasteiger partial charge in [-0.15, -0.1) is 0 Å². The fraction of sp³-hybridized carbons (Fsp3) is 0.0833. The number of aromatic carboxylic acids is 1. The number of carbonyl (C=O) groups excluding carboxylic acids is 1. The number of halogens is 2. The minimum Gasteiger partial charge on any atom is -0.497 e. The molecule has 1 heterocycles. The molecule has 0 atom stereocenters. The van der Waals surface area contributed by atoms with E-state index in [4.69, 9.17) is 37.7 Å². The summed E-state index contributed by atoms with van der Waals surface area (Å²) in [4.78, 5) is 31.8. The van der Waals surface area contributed by atoms with E-state index in [9.17, 15) is 14.7 Å². The lowest BCUT2D eigenvalue weighted by Crippen LogP contribution is -2.28. The van der Waals surface area contributed by atoms with E-state index in [0.717, 1.165) is 21.9 Å². The van der Waals surface area contributed by atoms with E-state index in [1.165, 1.54) is 23.9 Å². The van der Waals surface area contributed by atoms with Crippen LogP contribution in [-0.2, 0) is 17.9 Å². The lowest BCUT2D eigenvalue weighted by molar-refractivity contribution is -0.122. The summed E-state index contributed by atoms with van der Waals surface area (Å²) < 4.78 is 11.3. The van der Waals surface area contributed by atoms with E-state index in [0.29, 0.717) is 42.9 Å². The Labute approximate surface area is 279 Å². The highest BCUT2D eigenvalue weighted by molar-refractivity contribution is 8.18. The molecule has 10 heteroatoms. The number of carboxylic acids is 1. The van der Waals surface area contributed by atoms with Gasteiger partial charge in [0.2, 0.25) is 0 Å². The number of amides is 1. The van der Waals surface area contributed by atoms with Gasteiger partial charge in [-0.3, -0.25) is 9.69 Å². The maximum Gasteiger partial charge on any atom is 0.335 e. The van der Waals surface area contributed by atoms with E-state index < -0.39 is 5.97 Å². The second kappa shape index (κ2) is 13.7. The van der Waals surface area contributed by atoms with Gasteiger partial charge in [-0.25, -0.2) is 9.79 Å². The molecule has 6 rings (SSSR count). The molecular weight excluding hydrogens is 643 g/mol. The Hall–Kier alpha value is -4.76. The average molecular weight is 670 g/mol. The monoisotopic (exact) mass is 668 g/mol. The minimum atomic E-state index is -1.02. The molecule has 1 N–H and O–H groups in total. The molecule has 0 aromatic heterocycles. The van der Waals surface area contributed by atoms with Crippen molar-refractivity contribution < 1.29 is 24.2 Å². The number of nitrogens with zero attached hydrogens (tertiary/aromatic N) is 2. The molecule has 0 spiro atoms. The third kappa shape index (κ3) is 7.05. The summed E-state index contributed by atoms with van der Waals surface area (Å²) in [6.45, 7) is 0.480. The van der Waals surface area contributed by atoms with Gasteiger partial charge in [-0.2, -0.15) is 0 Å². The maximum atomic E-state index is 13.7. The van der Waals surface area contributed by atoms with Crippen LogP contribution < -0.4 is 9.47 Å². The zero-order valence-electron chi connectivity index (χ0n) is 24.4. The van der Waals surface area contributed by atoms with Crippen molar-refractivity contribution in [3.63, 3.8) is 0 Å². The summed E-state index contributed by atoms with van der Waals surface area (Å²) in [5.41, 5.74) is 3.16. The predicted molar refractivity (Wildman–Crippen MR) is 184 cm³/mol. The van der Waals surface area contributed by atoms with Crippen molar-refractivity contribution in [1.82, 2.24) is 4.90 Å². The molecule has 230 valence electrons. The fourth-order valence-corrected chi connectivity index (χ4v) is 6.48. The molecule has 5 aromatic rings. The quantitative estimate of drug-likeness (QED) is 0.158. The highest BCUT2D eigenvalue weighted by Gasteiger charge is 2.33. The van der Waals surface area contributed by atoms with Crippen molar-refractivity contribution in [3.8, 4) is 11.5 Å². The molecule has 7 nitrogen and oxygen atoms in total. The molecule has 0 radical (unpaired) electrons. The maximum absolute atomic E-state index is 13.7. The number of carboxylic acid groups (broad SMARTS) is 1. The first kappa shape index (κ1) is 31.2. The van der Waals surface area contributed by atoms with E-state index in [-0.39, 0.29) is 24.6 Å². The fourth-order valence-electron chi connectivity index (χ4n) is 4.87. The number of thioether (sulfide) groups is 1. The highest BCUT2D eigenvalue weighted by atomic mass is 35.5. The van der Waals surface area contributed by atoms with Crippen LogP contribution in [-0.4, -0.2) is 34.2 Å². The average Bonchev–Trinajstić information content (AvgIpc) is 3.33. The van der Waals surface area contributed by atoms with E-state index in [2.05, 4.69) is 12.1 Å². The van der Waals surface area contributed by atoms with Crippen LogP contribution in [0.4, 0.5) is 5.69 Å². The van der Waals surface area contributed by atoms with E-state index >= 15 is 0 Å². The summed E-state index contributed by atoms with van der Waals surface area (Å²) in [6, 6.07) is 31.2. The van der Waals surface area contributed by atoms with Gasteiger partial charge in [0.15, 0.2) is 10.9 Å². The molecular formula is C36H26Cl2N2O5S. The number of ether oxygens (including phenoxy) is 2. The van der Waals surface area contributed by atoms with Gasteiger partial charge in [-0.1, -0.05) is 71.7 Å². The number of methoxy groups -OCH3 is 1. The van der Waals surface area contributed by atoms with Crippen molar-refractivity contribution in [2.75, 3.05) is 7.11 Å². The molecule has 0 bridgehead atoms. The third-order valence-corrected chi connectivity index (χ3v) is 8.81. The van der Waals surface area contributed by atoms with Gasteiger partial charge < -0.3 is 14.6 Å². The Balaban J connectivity index is 1.25. The second-order valence-corrected chi connectivity index (χ2v) is 12.2. The molecule has 1 fully saturated rings. The summed E-state index contributed by atoms with van der Waals surface area (Å²) in [6.07, 6.45) is 1.72. The van der Waals surface area contributed by atoms with E-state index in [1.807, 2.05) is 30.3 Å². The molecule has 1 amide bonds. The van der Waals surface area contributed by atoms with Gasteiger partial charge in [0, 0.05) is 0 Å². The number of fused-ring (bicyclic) bond motifs is 1. The van der Waals surface area contributed by atoms with Crippen molar-refractivity contribution >= 4 is 74.5 Å². The standard InChI is InChI=1S/C36H26Cl2N2O5S/c1-44-29-14-12-28(13-15-29)39-36-40(20-22-6-10-26(11-7-22)35(42)43)34(41)32(46-36)19-24-17-30(37)33(31(38)18-24)45-21-23-8-9-25-4-2-3-5-27(25)16-23/h2-19H,20-21H2,1H3,(H,42,43)/b32-19-,39-36?. The third-order valence-electron chi connectivity index (χ3n) is 7.24. The van der Waals surface area contributed by atoms with Crippen LogP contribution in [0.3, 0.4) is 0 Å². The molecule has 1 aliphatic rings. The van der Waals surface area contributed by atoms with Crippen molar-refractivity contribution in [2.45, 2.75) is 13.2 Å². The molecule has 0 unspecified atom stereocenters. The van der Waals surface area contributed by atoms with Crippen LogP contribution in [0.1, 0.15) is 27.0 Å². The van der Waals surface area contributed by atoms with Gasteiger partial charge in [0.05, 0.1) is 39.9 Å². The summed E-state index contributed by atoms with van der Waals surface area (Å²) in [7, 11) is 1.59. The summed E-state index contributed by atoms with van der Waals surface area (Å²) >= 11 is 14.5. The smallest absolute Gasteiger partial charge is 0.335 e. The van der Waals surface area contributed by atoms with Crippen LogP contribution in [0.25, 0.3) is 16.8 Å². The number of carbonyl (C=O) groups is 2. The Morgan fingerprint density at radius 1 is 0.891 bits per heavy atom. The van der Waals surface area contributed by atoms with Crippen LogP contribution in [0, 0.1) is 0 Å². The van der Waals surface area contributed by atoms with Crippen LogP contribution in [0.5, 0.6) is 11.5 Å². The number of hydrogen-bond donors (Lipinski definition) is 1. The first-order chi connectivity index (χ1) is 22.3. The number of aliphatic imine (C=N–C) groups is 1. The van der Waals surface area contributed by atoms with Crippen LogP contribution in [0.2, 0.25) is 10.0 Å². The summed E-state index contributed by atoms with van der Waals surface area (Å²) in [5, 5.41) is 12.6. The predicted octanol–water partition coefficient (Wildman–Crippen LogP) is 9.24. The summed E-state index contributed by atoms with van der Waals surface area (Å²) in [5.74, 6) is -0.233. The Morgan fingerprint density at radius 3 is 2.24 bits per heavy atom. The first-order valence-electron chi connectivity index (χ1n) is 14.1. The topological polar surface area (TPSA) is 88.4 Å². The van der Waals surface area contributed by atoms with Gasteiger partial charge in [0.25, 0.3) is 5.91 Å². The van der Waals surface area contributed by atoms with Crippen LogP contribution >= 0.6 is 35.0 Å². The number of benzene rings is 5. The lowest BCUT2D eigenvalue weighted by atomic mass is 10.1. The molecule has 5 aromatic carbocycles. The zero-order chi connectivity index (χ0) is 32.2. The highest BCUT2D eigenvalue weighted by Crippen LogP contribution is 2.39. The molecule has 0 aliphatic carbocycles. The lowest BCUT2D eigenvalue weighted by Gasteiger charge is -2.16. The first-order valence-corrected chi connectivity index (χ1v) is 15.7. The Kier molecular flexibility index (Phi) is 9.30. The Morgan fingerprint density at radius 2 is 1.57 bits per heavy atom. The van der Waals surface area contributed by atoms with Crippen molar-refractivity contribution in [3.05, 3.63) is 140 Å². The van der Waals surface area contributed by atoms with Crippen molar-refractivity contribution in [2.24, 2.45) is 4.99 Å². The second-order valence-electron chi connectivity index (χ2n) is 10.4.